The molecule has 0 aliphatic carbocycles. The van der Waals surface area contributed by atoms with Gasteiger partial charge in [-0.15, -0.1) is 0 Å². The molecule has 1 atom stereocenters. The summed E-state index contributed by atoms with van der Waals surface area (Å²) in [7, 11) is 1.49. The quantitative estimate of drug-likeness (QED) is 0.647. The SMILES string of the molecule is Cc1cc(F)cc(F)c1-c1ccnc(C(=O)N[C@H]2COc3cc(Cl)cnc3N(C)C2=O)n1. The Morgan fingerprint density at radius 3 is 2.81 bits per heavy atom. The first-order valence-corrected chi connectivity index (χ1v) is 9.78. The normalized spacial score (nSPS) is 15.6. The van der Waals surface area contributed by atoms with Crippen molar-refractivity contribution in [2.75, 3.05) is 18.6 Å². The molecule has 3 aromatic rings. The fourth-order valence-corrected chi connectivity index (χ4v) is 3.46. The van der Waals surface area contributed by atoms with Gasteiger partial charge < -0.3 is 10.1 Å². The number of rotatable bonds is 3. The highest BCUT2D eigenvalue weighted by Crippen LogP contribution is 2.30. The number of fused-ring (bicyclic) bond motifs is 1. The van der Waals surface area contributed by atoms with Crippen LogP contribution in [0.25, 0.3) is 11.3 Å². The number of nitrogens with one attached hydrogen (secondary N) is 1. The molecule has 1 aliphatic heterocycles. The van der Waals surface area contributed by atoms with E-state index in [1.807, 2.05) is 0 Å². The average Bonchev–Trinajstić information content (AvgIpc) is 2.85. The zero-order valence-electron chi connectivity index (χ0n) is 16.9. The van der Waals surface area contributed by atoms with Gasteiger partial charge in [0.15, 0.2) is 11.6 Å². The number of carbonyl (C=O) groups excluding carboxylic acids is 2. The van der Waals surface area contributed by atoms with Crippen LogP contribution in [0.4, 0.5) is 14.6 Å². The van der Waals surface area contributed by atoms with Gasteiger partial charge in [-0.2, -0.15) is 0 Å². The van der Waals surface area contributed by atoms with Crippen LogP contribution in [-0.4, -0.2) is 46.5 Å². The summed E-state index contributed by atoms with van der Waals surface area (Å²) in [4.78, 5) is 38.9. The number of benzene rings is 1. The second-order valence-electron chi connectivity index (χ2n) is 7.05. The Morgan fingerprint density at radius 2 is 2.06 bits per heavy atom. The third-order valence-electron chi connectivity index (χ3n) is 4.82. The van der Waals surface area contributed by atoms with E-state index in [1.54, 1.807) is 0 Å². The van der Waals surface area contributed by atoms with Crippen LogP contribution in [0, 0.1) is 18.6 Å². The highest BCUT2D eigenvalue weighted by Gasteiger charge is 2.32. The minimum absolute atomic E-state index is 0.0508. The Morgan fingerprint density at radius 1 is 1.28 bits per heavy atom. The van der Waals surface area contributed by atoms with E-state index in [0.717, 1.165) is 12.1 Å². The van der Waals surface area contributed by atoms with Crippen molar-refractivity contribution in [1.82, 2.24) is 20.3 Å². The predicted molar refractivity (Wildman–Crippen MR) is 112 cm³/mol. The molecule has 0 saturated heterocycles. The van der Waals surface area contributed by atoms with Gasteiger partial charge in [0.1, 0.15) is 24.3 Å². The molecule has 1 aliphatic rings. The molecule has 8 nitrogen and oxygen atoms in total. The largest absolute Gasteiger partial charge is 0.487 e. The van der Waals surface area contributed by atoms with Crippen molar-refractivity contribution in [3.8, 4) is 17.0 Å². The van der Waals surface area contributed by atoms with Crippen molar-refractivity contribution >= 4 is 29.2 Å². The van der Waals surface area contributed by atoms with Crippen LogP contribution in [0.2, 0.25) is 5.02 Å². The number of ether oxygens (including phenoxy) is 1. The van der Waals surface area contributed by atoms with E-state index < -0.39 is 29.5 Å². The lowest BCUT2D eigenvalue weighted by Crippen LogP contribution is -2.49. The summed E-state index contributed by atoms with van der Waals surface area (Å²) in [5.74, 6) is -2.50. The minimum atomic E-state index is -1.06. The maximum absolute atomic E-state index is 14.3. The van der Waals surface area contributed by atoms with Crippen LogP contribution in [0.5, 0.6) is 5.75 Å². The molecule has 0 saturated carbocycles. The number of amides is 2. The van der Waals surface area contributed by atoms with E-state index in [1.165, 1.54) is 43.4 Å². The predicted octanol–water partition coefficient (Wildman–Crippen LogP) is 2.93. The number of likely N-dealkylation sites (N-methyl/N-ethyl adjacent to an activating group) is 1. The zero-order chi connectivity index (χ0) is 23.0. The number of pyridine rings is 1. The lowest BCUT2D eigenvalue weighted by Gasteiger charge is -2.19. The number of halogens is 3. The fourth-order valence-electron chi connectivity index (χ4n) is 3.31. The fraction of sp³-hybridized carbons (Fsp3) is 0.190. The van der Waals surface area contributed by atoms with E-state index in [2.05, 4.69) is 20.3 Å². The lowest BCUT2D eigenvalue weighted by atomic mass is 10.0. The van der Waals surface area contributed by atoms with Gasteiger partial charge in [0, 0.05) is 37.1 Å². The standard InChI is InChI=1S/C21H16ClF2N5O3/c1-10-5-12(23)7-13(24)17(10)14-3-4-25-18(27-14)20(30)28-15-9-32-16-6-11(22)8-26-19(16)29(2)21(15)31/h3-8,15H,9H2,1-2H3,(H,28,30)/t15-/m0/s1. The first kappa shape index (κ1) is 21.6. The van der Waals surface area contributed by atoms with Gasteiger partial charge in [-0.05, 0) is 24.6 Å². The Hall–Kier alpha value is -3.66. The molecule has 0 spiro atoms. The van der Waals surface area contributed by atoms with Crippen molar-refractivity contribution < 1.29 is 23.1 Å². The Kier molecular flexibility index (Phi) is 5.70. The zero-order valence-corrected chi connectivity index (χ0v) is 17.7. The number of hydrogen-bond donors (Lipinski definition) is 1. The Balaban J connectivity index is 1.58. The second-order valence-corrected chi connectivity index (χ2v) is 7.49. The lowest BCUT2D eigenvalue weighted by molar-refractivity contribution is -0.120. The molecule has 0 bridgehead atoms. The van der Waals surface area contributed by atoms with Crippen LogP contribution in [0.15, 0.2) is 36.7 Å². The second kappa shape index (κ2) is 8.46. The third-order valence-corrected chi connectivity index (χ3v) is 5.03. The molecular formula is C21H16ClF2N5O3. The molecule has 0 radical (unpaired) electrons. The molecule has 2 amide bonds. The molecule has 4 rings (SSSR count). The van der Waals surface area contributed by atoms with Crippen LogP contribution in [-0.2, 0) is 4.79 Å². The van der Waals surface area contributed by atoms with E-state index in [0.29, 0.717) is 16.3 Å². The highest BCUT2D eigenvalue weighted by molar-refractivity contribution is 6.30. The molecular weight excluding hydrogens is 444 g/mol. The summed E-state index contributed by atoms with van der Waals surface area (Å²) in [6.45, 7) is 1.36. The maximum atomic E-state index is 14.3. The first-order valence-electron chi connectivity index (χ1n) is 9.40. The number of anilines is 1. The summed E-state index contributed by atoms with van der Waals surface area (Å²) >= 11 is 5.93. The molecule has 1 aromatic carbocycles. The van der Waals surface area contributed by atoms with E-state index in [9.17, 15) is 18.4 Å². The van der Waals surface area contributed by atoms with Crippen molar-refractivity contribution in [1.29, 1.82) is 0 Å². The number of aryl methyl sites for hydroxylation is 1. The average molecular weight is 460 g/mol. The molecule has 2 aromatic heterocycles. The summed E-state index contributed by atoms with van der Waals surface area (Å²) in [5.41, 5.74) is 0.465. The Bertz CT molecular complexity index is 1220. The van der Waals surface area contributed by atoms with Gasteiger partial charge in [0.25, 0.3) is 11.8 Å². The van der Waals surface area contributed by atoms with Crippen LogP contribution in [0.3, 0.4) is 0 Å². The summed E-state index contributed by atoms with van der Waals surface area (Å²) in [6.07, 6.45) is 2.65. The molecule has 32 heavy (non-hydrogen) atoms. The Labute approximate surface area is 186 Å². The topological polar surface area (TPSA) is 97.3 Å². The van der Waals surface area contributed by atoms with Crippen LogP contribution < -0.4 is 15.0 Å². The van der Waals surface area contributed by atoms with Crippen molar-refractivity contribution in [2.24, 2.45) is 0 Å². The number of hydrogen-bond acceptors (Lipinski definition) is 6. The molecule has 3 heterocycles. The van der Waals surface area contributed by atoms with E-state index in [-0.39, 0.29) is 29.5 Å². The highest BCUT2D eigenvalue weighted by atomic mass is 35.5. The number of carbonyl (C=O) groups is 2. The summed E-state index contributed by atoms with van der Waals surface area (Å²) < 4.78 is 33.3. The smallest absolute Gasteiger partial charge is 0.289 e. The molecule has 0 unspecified atom stereocenters. The van der Waals surface area contributed by atoms with Gasteiger partial charge in [-0.1, -0.05) is 11.6 Å². The van der Waals surface area contributed by atoms with Gasteiger partial charge in [0.2, 0.25) is 5.82 Å². The van der Waals surface area contributed by atoms with Crippen molar-refractivity contribution in [3.05, 3.63) is 64.7 Å². The van der Waals surface area contributed by atoms with E-state index in [4.69, 9.17) is 16.3 Å². The molecule has 0 fully saturated rings. The van der Waals surface area contributed by atoms with Crippen LogP contribution in [0.1, 0.15) is 16.2 Å². The van der Waals surface area contributed by atoms with Crippen molar-refractivity contribution in [2.45, 2.75) is 13.0 Å². The van der Waals surface area contributed by atoms with E-state index >= 15 is 0 Å². The summed E-state index contributed by atoms with van der Waals surface area (Å²) in [6, 6.07) is 3.76. The number of nitrogens with zero attached hydrogens (tertiary/aromatic N) is 4. The maximum Gasteiger partial charge on any atom is 0.289 e. The van der Waals surface area contributed by atoms with Gasteiger partial charge in [-0.25, -0.2) is 23.7 Å². The first-order chi connectivity index (χ1) is 15.2. The van der Waals surface area contributed by atoms with Gasteiger partial charge in [0.05, 0.1) is 10.7 Å². The molecule has 164 valence electrons. The monoisotopic (exact) mass is 459 g/mol. The molecule has 1 N–H and O–H groups in total. The minimum Gasteiger partial charge on any atom is -0.487 e. The van der Waals surface area contributed by atoms with Gasteiger partial charge >= 0.3 is 0 Å². The van der Waals surface area contributed by atoms with Crippen LogP contribution >= 0.6 is 11.6 Å². The third kappa shape index (κ3) is 4.09. The molecule has 11 heteroatoms. The number of aromatic nitrogens is 3. The van der Waals surface area contributed by atoms with Gasteiger partial charge in [-0.3, -0.25) is 14.5 Å². The summed E-state index contributed by atoms with van der Waals surface area (Å²) in [5, 5.41) is 2.86. The van der Waals surface area contributed by atoms with Crippen molar-refractivity contribution in [3.63, 3.8) is 0 Å².